The van der Waals surface area contributed by atoms with Crippen LogP contribution in [0.4, 0.5) is 0 Å². The molecule has 0 unspecified atom stereocenters. The molecule has 17 heavy (non-hydrogen) atoms. The Bertz CT molecular complexity index is 172. The van der Waals surface area contributed by atoms with Crippen LogP contribution in [0.5, 0.6) is 0 Å². The maximum atomic E-state index is 10.3. The van der Waals surface area contributed by atoms with E-state index in [0.29, 0.717) is 15.9 Å². The Balaban J connectivity index is 2.91. The van der Waals surface area contributed by atoms with Crippen molar-refractivity contribution in [2.45, 2.75) is 83.2 Å². The zero-order chi connectivity index (χ0) is 12.8. The van der Waals surface area contributed by atoms with Gasteiger partial charge in [-0.3, -0.25) is 4.79 Å². The standard InChI is InChI=1S/C14H30O2Si/c1-2-17-13-11-9-7-5-3-4-6-8-10-12-14(15)16/h2-13,17H2,1H3,(H,15,16). The van der Waals surface area contributed by atoms with Gasteiger partial charge in [-0.25, -0.2) is 0 Å². The summed E-state index contributed by atoms with van der Waals surface area (Å²) in [6, 6.07) is 3.02. The highest BCUT2D eigenvalue weighted by atomic mass is 28.2. The molecule has 0 fully saturated rings. The molecule has 0 atom stereocenters. The van der Waals surface area contributed by atoms with Crippen LogP contribution >= 0.6 is 0 Å². The summed E-state index contributed by atoms with van der Waals surface area (Å²) < 4.78 is 0. The fourth-order valence-electron chi connectivity index (χ4n) is 2.12. The van der Waals surface area contributed by atoms with E-state index in [1.807, 2.05) is 0 Å². The lowest BCUT2D eigenvalue weighted by molar-refractivity contribution is -0.137. The van der Waals surface area contributed by atoms with E-state index in [2.05, 4.69) is 6.92 Å². The lowest BCUT2D eigenvalue weighted by atomic mass is 10.1. The van der Waals surface area contributed by atoms with Gasteiger partial charge in [0.25, 0.3) is 0 Å². The van der Waals surface area contributed by atoms with Crippen molar-refractivity contribution in [3.63, 3.8) is 0 Å². The highest BCUT2D eigenvalue weighted by molar-refractivity contribution is 6.35. The van der Waals surface area contributed by atoms with Gasteiger partial charge in [0.2, 0.25) is 0 Å². The van der Waals surface area contributed by atoms with Crippen molar-refractivity contribution >= 4 is 15.5 Å². The summed E-state index contributed by atoms with van der Waals surface area (Å²) in [5, 5.41) is 8.48. The van der Waals surface area contributed by atoms with Crippen molar-refractivity contribution in [1.82, 2.24) is 0 Å². The van der Waals surface area contributed by atoms with Gasteiger partial charge in [-0.05, 0) is 6.42 Å². The molecule has 0 spiro atoms. The summed E-state index contributed by atoms with van der Waals surface area (Å²) in [4.78, 5) is 10.3. The Kier molecular flexibility index (Phi) is 13.5. The maximum absolute atomic E-state index is 10.3. The third-order valence-electron chi connectivity index (χ3n) is 3.24. The second kappa shape index (κ2) is 13.8. The van der Waals surface area contributed by atoms with E-state index < -0.39 is 5.97 Å². The van der Waals surface area contributed by atoms with Crippen LogP contribution in [-0.4, -0.2) is 20.6 Å². The topological polar surface area (TPSA) is 37.3 Å². The Labute approximate surface area is 109 Å². The number of hydrogen-bond donors (Lipinski definition) is 1. The van der Waals surface area contributed by atoms with Gasteiger partial charge in [0.15, 0.2) is 0 Å². The molecular formula is C14H30O2Si. The molecule has 0 amide bonds. The molecule has 3 heteroatoms. The van der Waals surface area contributed by atoms with Gasteiger partial charge in [0.1, 0.15) is 0 Å². The first-order valence-electron chi connectivity index (χ1n) is 7.49. The van der Waals surface area contributed by atoms with Gasteiger partial charge in [0.05, 0.1) is 0 Å². The van der Waals surface area contributed by atoms with Crippen LogP contribution in [-0.2, 0) is 4.79 Å². The van der Waals surface area contributed by atoms with Gasteiger partial charge in [-0.2, -0.15) is 0 Å². The Morgan fingerprint density at radius 1 is 0.882 bits per heavy atom. The third-order valence-corrected chi connectivity index (χ3v) is 4.95. The van der Waals surface area contributed by atoms with Gasteiger partial charge in [-0.1, -0.05) is 70.4 Å². The summed E-state index contributed by atoms with van der Waals surface area (Å²) >= 11 is 0. The smallest absolute Gasteiger partial charge is 0.303 e. The first-order chi connectivity index (χ1) is 8.27. The zero-order valence-corrected chi connectivity index (χ0v) is 13.0. The Morgan fingerprint density at radius 2 is 1.35 bits per heavy atom. The highest BCUT2D eigenvalue weighted by Gasteiger charge is 1.96. The number of aliphatic carboxylic acids is 1. The maximum Gasteiger partial charge on any atom is 0.303 e. The van der Waals surface area contributed by atoms with Gasteiger partial charge >= 0.3 is 5.97 Å². The lowest BCUT2D eigenvalue weighted by Gasteiger charge is -2.01. The lowest BCUT2D eigenvalue weighted by Crippen LogP contribution is -1.93. The largest absolute Gasteiger partial charge is 0.481 e. The monoisotopic (exact) mass is 258 g/mol. The van der Waals surface area contributed by atoms with E-state index in [1.54, 1.807) is 6.04 Å². The Morgan fingerprint density at radius 3 is 1.82 bits per heavy atom. The van der Waals surface area contributed by atoms with E-state index in [1.165, 1.54) is 51.0 Å². The molecule has 2 nitrogen and oxygen atoms in total. The molecular weight excluding hydrogens is 228 g/mol. The number of hydrogen-bond acceptors (Lipinski definition) is 1. The molecule has 1 N–H and O–H groups in total. The van der Waals surface area contributed by atoms with Crippen molar-refractivity contribution in [2.75, 3.05) is 0 Å². The van der Waals surface area contributed by atoms with Crippen molar-refractivity contribution in [1.29, 1.82) is 0 Å². The van der Waals surface area contributed by atoms with E-state index >= 15 is 0 Å². The fourth-order valence-corrected chi connectivity index (χ4v) is 3.32. The van der Waals surface area contributed by atoms with Gasteiger partial charge in [0, 0.05) is 15.9 Å². The van der Waals surface area contributed by atoms with Crippen LogP contribution in [0.1, 0.15) is 71.1 Å². The summed E-state index contributed by atoms with van der Waals surface area (Å²) in [7, 11) is 0.313. The van der Waals surface area contributed by atoms with Crippen LogP contribution in [0.3, 0.4) is 0 Å². The fraction of sp³-hybridized carbons (Fsp3) is 0.929. The average molecular weight is 258 g/mol. The molecule has 0 aliphatic heterocycles. The quantitative estimate of drug-likeness (QED) is 0.400. The minimum Gasteiger partial charge on any atom is -0.481 e. The molecule has 0 bridgehead atoms. The molecule has 0 rings (SSSR count). The van der Waals surface area contributed by atoms with E-state index in [0.717, 1.165) is 12.8 Å². The van der Waals surface area contributed by atoms with Crippen LogP contribution in [0.2, 0.25) is 12.1 Å². The summed E-state index contributed by atoms with van der Waals surface area (Å²) in [6.07, 6.45) is 11.9. The highest BCUT2D eigenvalue weighted by Crippen LogP contribution is 2.11. The number of carbonyl (C=O) groups is 1. The van der Waals surface area contributed by atoms with Gasteiger partial charge < -0.3 is 5.11 Å². The summed E-state index contributed by atoms with van der Waals surface area (Å²) in [6.45, 7) is 2.32. The second-order valence-electron chi connectivity index (χ2n) is 5.03. The van der Waals surface area contributed by atoms with E-state index in [-0.39, 0.29) is 0 Å². The summed E-state index contributed by atoms with van der Waals surface area (Å²) in [5.74, 6) is -0.652. The molecule has 0 aliphatic rings. The van der Waals surface area contributed by atoms with Crippen molar-refractivity contribution in [3.8, 4) is 0 Å². The predicted octanol–water partition coefficient (Wildman–Crippen LogP) is 4.00. The number of rotatable bonds is 13. The van der Waals surface area contributed by atoms with Crippen LogP contribution < -0.4 is 0 Å². The third kappa shape index (κ3) is 15.7. The first-order valence-corrected chi connectivity index (χ1v) is 9.49. The first kappa shape index (κ1) is 16.7. The molecule has 0 saturated heterocycles. The Hall–Kier alpha value is -0.313. The minimum atomic E-state index is -0.652. The molecule has 0 aliphatic carbocycles. The van der Waals surface area contributed by atoms with Crippen molar-refractivity contribution in [2.24, 2.45) is 0 Å². The van der Waals surface area contributed by atoms with Crippen LogP contribution in [0, 0.1) is 0 Å². The van der Waals surface area contributed by atoms with Gasteiger partial charge in [-0.15, -0.1) is 0 Å². The van der Waals surface area contributed by atoms with E-state index in [9.17, 15) is 4.79 Å². The molecule has 0 saturated carbocycles. The average Bonchev–Trinajstić information content (AvgIpc) is 2.30. The molecule has 0 aromatic heterocycles. The number of unbranched alkanes of at least 4 members (excludes halogenated alkanes) is 8. The van der Waals surface area contributed by atoms with Crippen LogP contribution in [0.25, 0.3) is 0 Å². The normalized spacial score (nSPS) is 11.4. The number of carboxylic acid groups (broad SMARTS) is 1. The molecule has 102 valence electrons. The molecule has 0 aromatic carbocycles. The number of carboxylic acids is 1. The van der Waals surface area contributed by atoms with E-state index in [4.69, 9.17) is 5.11 Å². The minimum absolute atomic E-state index is 0.313. The van der Waals surface area contributed by atoms with Crippen molar-refractivity contribution in [3.05, 3.63) is 0 Å². The summed E-state index contributed by atoms with van der Waals surface area (Å²) in [5.41, 5.74) is 0. The SMILES string of the molecule is CC[SiH2]CCCCCCCCCCCC(=O)O. The molecule has 0 radical (unpaired) electrons. The molecule has 0 heterocycles. The predicted molar refractivity (Wildman–Crippen MR) is 77.6 cm³/mol. The molecule has 0 aromatic rings. The van der Waals surface area contributed by atoms with Crippen molar-refractivity contribution < 1.29 is 9.90 Å². The second-order valence-corrected chi connectivity index (χ2v) is 7.45. The zero-order valence-electron chi connectivity index (χ0n) is 11.5. The van der Waals surface area contributed by atoms with Crippen LogP contribution in [0.15, 0.2) is 0 Å².